The van der Waals surface area contributed by atoms with Gasteiger partial charge < -0.3 is 9.73 Å². The fraction of sp³-hybridized carbons (Fsp3) is 0.375. The number of nitrogens with one attached hydrogen (secondary N) is 1. The quantitative estimate of drug-likeness (QED) is 0.837. The molecule has 0 radical (unpaired) electrons. The lowest BCUT2D eigenvalue weighted by Gasteiger charge is -2.13. The van der Waals surface area contributed by atoms with E-state index < -0.39 is 0 Å². The van der Waals surface area contributed by atoms with Crippen LogP contribution in [0.1, 0.15) is 30.2 Å². The van der Waals surface area contributed by atoms with E-state index in [1.165, 1.54) is 11.1 Å². The molecule has 0 saturated carbocycles. The van der Waals surface area contributed by atoms with E-state index >= 15 is 0 Å². The summed E-state index contributed by atoms with van der Waals surface area (Å²) < 4.78 is 5.33. The summed E-state index contributed by atoms with van der Waals surface area (Å²) in [4.78, 5) is 0. The van der Waals surface area contributed by atoms with Crippen LogP contribution in [0.25, 0.3) is 0 Å². The Morgan fingerprint density at radius 2 is 2.11 bits per heavy atom. The molecule has 0 saturated heterocycles. The third-order valence-electron chi connectivity index (χ3n) is 3.14. The first kappa shape index (κ1) is 12.9. The van der Waals surface area contributed by atoms with Crippen molar-refractivity contribution in [1.29, 1.82) is 0 Å². The number of hydrogen-bond donors (Lipinski definition) is 1. The highest BCUT2D eigenvalue weighted by molar-refractivity contribution is 5.22. The van der Waals surface area contributed by atoms with Crippen molar-refractivity contribution in [3.05, 3.63) is 59.5 Å². The van der Waals surface area contributed by atoms with E-state index in [2.05, 4.69) is 43.4 Å². The van der Waals surface area contributed by atoms with Crippen LogP contribution in [0.5, 0.6) is 0 Å². The Balaban J connectivity index is 1.73. The molecular formula is C16H21NO. The molecule has 96 valence electrons. The molecular weight excluding hydrogens is 222 g/mol. The second kappa shape index (κ2) is 6.41. The molecule has 1 N–H and O–H groups in total. The molecule has 2 aromatic rings. The summed E-state index contributed by atoms with van der Waals surface area (Å²) in [5, 5.41) is 3.55. The maximum atomic E-state index is 5.33. The van der Waals surface area contributed by atoms with Crippen molar-refractivity contribution in [2.45, 2.75) is 39.3 Å². The summed E-state index contributed by atoms with van der Waals surface area (Å²) in [5.41, 5.74) is 2.66. The van der Waals surface area contributed by atoms with Crippen LogP contribution in [-0.2, 0) is 13.0 Å². The van der Waals surface area contributed by atoms with Crippen LogP contribution in [0.4, 0.5) is 0 Å². The second-order valence-corrected chi connectivity index (χ2v) is 4.89. The molecule has 1 atom stereocenters. The van der Waals surface area contributed by atoms with Crippen molar-refractivity contribution < 1.29 is 4.42 Å². The van der Waals surface area contributed by atoms with E-state index in [0.717, 1.165) is 25.1 Å². The molecule has 18 heavy (non-hydrogen) atoms. The van der Waals surface area contributed by atoms with Gasteiger partial charge in [-0.2, -0.15) is 0 Å². The molecule has 2 heteroatoms. The number of hydrogen-bond acceptors (Lipinski definition) is 2. The van der Waals surface area contributed by atoms with E-state index in [1.54, 1.807) is 6.26 Å². The highest BCUT2D eigenvalue weighted by Crippen LogP contribution is 2.07. The van der Waals surface area contributed by atoms with E-state index in [-0.39, 0.29) is 0 Å². The maximum Gasteiger partial charge on any atom is 0.103 e. The molecule has 2 rings (SSSR count). The van der Waals surface area contributed by atoms with Crippen molar-refractivity contribution in [2.75, 3.05) is 0 Å². The van der Waals surface area contributed by atoms with Crippen LogP contribution in [0.3, 0.4) is 0 Å². The average molecular weight is 243 g/mol. The molecule has 0 aliphatic heterocycles. The molecule has 0 aliphatic rings. The molecule has 0 spiro atoms. The van der Waals surface area contributed by atoms with E-state index in [1.807, 2.05) is 12.1 Å². The summed E-state index contributed by atoms with van der Waals surface area (Å²) >= 11 is 0. The Hall–Kier alpha value is -1.54. The van der Waals surface area contributed by atoms with Gasteiger partial charge in [0.25, 0.3) is 0 Å². The SMILES string of the molecule is Cc1cccc(CN[C@H](C)CCc2ccco2)c1. The zero-order valence-corrected chi connectivity index (χ0v) is 11.1. The highest BCUT2D eigenvalue weighted by Gasteiger charge is 2.03. The first-order chi connectivity index (χ1) is 8.74. The molecule has 1 aromatic carbocycles. The molecule has 2 nitrogen and oxygen atoms in total. The minimum Gasteiger partial charge on any atom is -0.469 e. The largest absolute Gasteiger partial charge is 0.469 e. The van der Waals surface area contributed by atoms with Gasteiger partial charge in [0.15, 0.2) is 0 Å². The fourth-order valence-electron chi connectivity index (χ4n) is 2.03. The lowest BCUT2D eigenvalue weighted by Crippen LogP contribution is -2.25. The van der Waals surface area contributed by atoms with Crippen LogP contribution >= 0.6 is 0 Å². The normalized spacial score (nSPS) is 12.6. The first-order valence-corrected chi connectivity index (χ1v) is 6.55. The van der Waals surface area contributed by atoms with Gasteiger partial charge in [-0.1, -0.05) is 29.8 Å². The summed E-state index contributed by atoms with van der Waals surface area (Å²) in [7, 11) is 0. The Morgan fingerprint density at radius 3 is 2.83 bits per heavy atom. The lowest BCUT2D eigenvalue weighted by atomic mass is 10.1. The Kier molecular flexibility index (Phi) is 4.59. The first-order valence-electron chi connectivity index (χ1n) is 6.55. The molecule has 0 amide bonds. The molecule has 1 aromatic heterocycles. The smallest absolute Gasteiger partial charge is 0.103 e. The van der Waals surface area contributed by atoms with Gasteiger partial charge >= 0.3 is 0 Å². The highest BCUT2D eigenvalue weighted by atomic mass is 16.3. The zero-order chi connectivity index (χ0) is 12.8. The monoisotopic (exact) mass is 243 g/mol. The van der Waals surface area contributed by atoms with Crippen molar-refractivity contribution in [3.8, 4) is 0 Å². The summed E-state index contributed by atoms with van der Waals surface area (Å²) in [6.45, 7) is 5.28. The number of furan rings is 1. The van der Waals surface area contributed by atoms with E-state index in [4.69, 9.17) is 4.42 Å². The van der Waals surface area contributed by atoms with Gasteiger partial charge in [-0.25, -0.2) is 0 Å². The van der Waals surface area contributed by atoms with E-state index in [9.17, 15) is 0 Å². The van der Waals surface area contributed by atoms with E-state index in [0.29, 0.717) is 6.04 Å². The summed E-state index contributed by atoms with van der Waals surface area (Å²) in [6, 6.07) is 13.1. The lowest BCUT2D eigenvalue weighted by molar-refractivity contribution is 0.460. The molecule has 0 fully saturated rings. The van der Waals surface area contributed by atoms with Gasteiger partial charge in [-0.15, -0.1) is 0 Å². The van der Waals surface area contributed by atoms with Gasteiger partial charge in [-0.3, -0.25) is 0 Å². The third-order valence-corrected chi connectivity index (χ3v) is 3.14. The van der Waals surface area contributed by atoms with Crippen molar-refractivity contribution >= 4 is 0 Å². The minimum absolute atomic E-state index is 0.496. The van der Waals surface area contributed by atoms with Crippen LogP contribution in [-0.4, -0.2) is 6.04 Å². The van der Waals surface area contributed by atoms with Crippen molar-refractivity contribution in [2.24, 2.45) is 0 Å². The predicted molar refractivity (Wildman–Crippen MR) is 74.5 cm³/mol. The van der Waals surface area contributed by atoms with Gasteiger partial charge in [0.2, 0.25) is 0 Å². The van der Waals surface area contributed by atoms with Gasteiger partial charge in [0.1, 0.15) is 5.76 Å². The Morgan fingerprint density at radius 1 is 1.22 bits per heavy atom. The van der Waals surface area contributed by atoms with Gasteiger partial charge in [-0.05, 0) is 38.0 Å². The molecule has 0 aliphatic carbocycles. The van der Waals surface area contributed by atoms with Gasteiger partial charge in [0.05, 0.1) is 6.26 Å². The maximum absolute atomic E-state index is 5.33. The fourth-order valence-corrected chi connectivity index (χ4v) is 2.03. The van der Waals surface area contributed by atoms with Crippen LogP contribution in [0.15, 0.2) is 47.1 Å². The van der Waals surface area contributed by atoms with Crippen LogP contribution < -0.4 is 5.32 Å². The van der Waals surface area contributed by atoms with Crippen LogP contribution in [0.2, 0.25) is 0 Å². The number of benzene rings is 1. The summed E-state index contributed by atoms with van der Waals surface area (Å²) in [6.07, 6.45) is 3.83. The van der Waals surface area contributed by atoms with Gasteiger partial charge in [0, 0.05) is 19.0 Å². The standard InChI is InChI=1S/C16H21NO/c1-13-5-3-6-15(11-13)12-17-14(2)8-9-16-7-4-10-18-16/h3-7,10-11,14,17H,8-9,12H2,1-2H3/t14-/m1/s1. The predicted octanol–water partition coefficient (Wildman–Crippen LogP) is 3.70. The zero-order valence-electron chi connectivity index (χ0n) is 11.1. The summed E-state index contributed by atoms with van der Waals surface area (Å²) in [5.74, 6) is 1.07. The third kappa shape index (κ3) is 4.04. The number of aryl methyl sites for hydroxylation is 2. The molecule has 1 heterocycles. The van der Waals surface area contributed by atoms with Crippen molar-refractivity contribution in [1.82, 2.24) is 5.32 Å². The topological polar surface area (TPSA) is 25.2 Å². The Labute approximate surface area is 109 Å². The Bertz CT molecular complexity index is 462. The molecule has 0 unspecified atom stereocenters. The van der Waals surface area contributed by atoms with Crippen molar-refractivity contribution in [3.63, 3.8) is 0 Å². The molecule has 0 bridgehead atoms. The van der Waals surface area contributed by atoms with Crippen LogP contribution in [0, 0.1) is 6.92 Å². The number of rotatable bonds is 6. The average Bonchev–Trinajstić information content (AvgIpc) is 2.87. The second-order valence-electron chi connectivity index (χ2n) is 4.89. The minimum atomic E-state index is 0.496.